The molecular weight excluding hydrogens is 407 g/mol. The van der Waals surface area contributed by atoms with E-state index in [4.69, 9.17) is 5.14 Å². The second-order valence-corrected chi connectivity index (χ2v) is 8.89. The summed E-state index contributed by atoms with van der Waals surface area (Å²) in [5, 5.41) is 12.6. The fourth-order valence-corrected chi connectivity index (χ4v) is 4.23. The Morgan fingerprint density at radius 1 is 1.13 bits per heavy atom. The van der Waals surface area contributed by atoms with Gasteiger partial charge in [0.25, 0.3) is 5.91 Å². The molecule has 1 aromatic heterocycles. The second kappa shape index (κ2) is 7.66. The molecule has 30 heavy (non-hydrogen) atoms. The molecule has 156 valence electrons. The molecule has 2 aromatic carbocycles. The molecule has 0 fully saturated rings. The quantitative estimate of drug-likeness (QED) is 0.651. The Labute approximate surface area is 173 Å². The Kier molecular flexibility index (Phi) is 5.17. The van der Waals surface area contributed by atoms with E-state index in [2.05, 4.69) is 10.4 Å². The number of rotatable bonds is 5. The van der Waals surface area contributed by atoms with E-state index in [1.165, 1.54) is 24.3 Å². The van der Waals surface area contributed by atoms with Gasteiger partial charge in [-0.05, 0) is 68.1 Å². The van der Waals surface area contributed by atoms with Crippen molar-refractivity contribution in [1.29, 1.82) is 0 Å². The van der Waals surface area contributed by atoms with Crippen LogP contribution in [0.1, 0.15) is 46.7 Å². The maximum Gasteiger partial charge on any atom is 0.272 e. The van der Waals surface area contributed by atoms with Crippen LogP contribution in [0.2, 0.25) is 0 Å². The lowest BCUT2D eigenvalue weighted by Gasteiger charge is -2.14. The minimum absolute atomic E-state index is 0.0145. The van der Waals surface area contributed by atoms with Crippen LogP contribution in [0.25, 0.3) is 5.69 Å². The molecule has 3 aromatic rings. The minimum atomic E-state index is -3.77. The van der Waals surface area contributed by atoms with Crippen LogP contribution in [0.3, 0.4) is 0 Å². The van der Waals surface area contributed by atoms with Crippen LogP contribution in [-0.2, 0) is 22.9 Å². The van der Waals surface area contributed by atoms with Crippen molar-refractivity contribution in [1.82, 2.24) is 15.1 Å². The molecule has 0 bridgehead atoms. The molecule has 1 amide bonds. The van der Waals surface area contributed by atoms with Crippen molar-refractivity contribution < 1.29 is 17.6 Å². The third-order valence-corrected chi connectivity index (χ3v) is 6.20. The number of benzene rings is 2. The lowest BCUT2D eigenvalue weighted by molar-refractivity contribution is 0.0933. The summed E-state index contributed by atoms with van der Waals surface area (Å²) < 4.78 is 37.8. The molecule has 0 saturated heterocycles. The van der Waals surface area contributed by atoms with E-state index < -0.39 is 10.0 Å². The monoisotopic (exact) mass is 428 g/mol. The number of sulfonamides is 1. The molecule has 1 heterocycles. The highest BCUT2D eigenvalue weighted by molar-refractivity contribution is 7.89. The molecule has 0 unspecified atom stereocenters. The van der Waals surface area contributed by atoms with Crippen LogP contribution >= 0.6 is 0 Å². The number of aromatic nitrogens is 2. The standard InChI is InChI=1S/C21H21FN4O3S/c1-13(14-5-11-17(12-6-14)30(23,28)29)24-21(27)20-18-3-2-4-19(18)26(25-20)16-9-7-15(22)8-10-16/h5-13H,2-4H2,1H3,(H,24,27)(H2,23,28,29)/t13-/m0/s1. The zero-order chi connectivity index (χ0) is 21.5. The van der Waals surface area contributed by atoms with Gasteiger partial charge in [0.2, 0.25) is 10.0 Å². The van der Waals surface area contributed by atoms with Crippen LogP contribution in [0.5, 0.6) is 0 Å². The summed E-state index contributed by atoms with van der Waals surface area (Å²) in [5.41, 5.74) is 3.69. The largest absolute Gasteiger partial charge is 0.344 e. The highest BCUT2D eigenvalue weighted by atomic mass is 32.2. The molecular formula is C21H21FN4O3S. The van der Waals surface area contributed by atoms with Crippen molar-refractivity contribution in [2.45, 2.75) is 37.1 Å². The number of nitrogens with one attached hydrogen (secondary N) is 1. The van der Waals surface area contributed by atoms with Crippen LogP contribution in [0.15, 0.2) is 53.4 Å². The van der Waals surface area contributed by atoms with Gasteiger partial charge < -0.3 is 5.32 Å². The molecule has 1 atom stereocenters. The fourth-order valence-electron chi connectivity index (χ4n) is 3.71. The minimum Gasteiger partial charge on any atom is -0.344 e. The van der Waals surface area contributed by atoms with Crippen molar-refractivity contribution >= 4 is 15.9 Å². The molecule has 0 radical (unpaired) electrons. The van der Waals surface area contributed by atoms with Crippen molar-refractivity contribution in [2.75, 3.05) is 0 Å². The smallest absolute Gasteiger partial charge is 0.272 e. The number of hydrogen-bond acceptors (Lipinski definition) is 4. The average molecular weight is 428 g/mol. The lowest BCUT2D eigenvalue weighted by atomic mass is 10.1. The first-order chi connectivity index (χ1) is 14.2. The predicted octanol–water partition coefficient (Wildman–Crippen LogP) is 2.64. The second-order valence-electron chi connectivity index (χ2n) is 7.32. The highest BCUT2D eigenvalue weighted by Crippen LogP contribution is 2.28. The van der Waals surface area contributed by atoms with Gasteiger partial charge in [-0.1, -0.05) is 12.1 Å². The number of halogens is 1. The molecule has 1 aliphatic rings. The van der Waals surface area contributed by atoms with Crippen LogP contribution < -0.4 is 10.5 Å². The fraction of sp³-hybridized carbons (Fsp3) is 0.238. The molecule has 0 spiro atoms. The van der Waals surface area contributed by atoms with Gasteiger partial charge in [0, 0.05) is 11.3 Å². The van der Waals surface area contributed by atoms with Gasteiger partial charge in [-0.2, -0.15) is 5.10 Å². The van der Waals surface area contributed by atoms with Gasteiger partial charge in [-0.15, -0.1) is 0 Å². The molecule has 4 rings (SSSR count). The number of carbonyl (C=O) groups excluding carboxylic acids is 1. The van der Waals surface area contributed by atoms with Crippen LogP contribution in [0.4, 0.5) is 4.39 Å². The number of fused-ring (bicyclic) bond motifs is 1. The first-order valence-electron chi connectivity index (χ1n) is 9.54. The van der Waals surface area contributed by atoms with Crippen molar-refractivity contribution in [2.24, 2.45) is 5.14 Å². The van der Waals surface area contributed by atoms with E-state index in [0.717, 1.165) is 36.1 Å². The third kappa shape index (κ3) is 3.86. The summed E-state index contributed by atoms with van der Waals surface area (Å²) in [6.07, 6.45) is 2.49. The van der Waals surface area contributed by atoms with Gasteiger partial charge in [-0.25, -0.2) is 22.6 Å². The summed E-state index contributed by atoms with van der Waals surface area (Å²) in [4.78, 5) is 13.0. The van der Waals surface area contributed by atoms with Gasteiger partial charge in [0.15, 0.2) is 5.69 Å². The SMILES string of the molecule is C[C@H](NC(=O)c1nn(-c2ccc(F)cc2)c2c1CCC2)c1ccc(S(N)(=O)=O)cc1. The lowest BCUT2D eigenvalue weighted by Crippen LogP contribution is -2.28. The van der Waals surface area contributed by atoms with Crippen molar-refractivity contribution in [3.8, 4) is 5.69 Å². The maximum atomic E-state index is 13.3. The summed E-state index contributed by atoms with van der Waals surface area (Å²) in [6.45, 7) is 1.81. The van der Waals surface area contributed by atoms with E-state index >= 15 is 0 Å². The normalized spacial score (nSPS) is 14.4. The summed E-state index contributed by atoms with van der Waals surface area (Å²) >= 11 is 0. The zero-order valence-corrected chi connectivity index (χ0v) is 17.1. The Balaban J connectivity index is 1.58. The van der Waals surface area contributed by atoms with Crippen molar-refractivity contribution in [3.63, 3.8) is 0 Å². The summed E-state index contributed by atoms with van der Waals surface area (Å²) in [5.74, 6) is -0.639. The Bertz CT molecular complexity index is 1200. The van der Waals surface area contributed by atoms with E-state index in [0.29, 0.717) is 11.4 Å². The molecule has 0 saturated carbocycles. The highest BCUT2D eigenvalue weighted by Gasteiger charge is 2.27. The molecule has 3 N–H and O–H groups in total. The first kappa shape index (κ1) is 20.2. The number of carbonyl (C=O) groups is 1. The molecule has 7 nitrogen and oxygen atoms in total. The Morgan fingerprint density at radius 2 is 1.80 bits per heavy atom. The van der Waals surface area contributed by atoms with E-state index in [-0.39, 0.29) is 22.7 Å². The number of amides is 1. The topological polar surface area (TPSA) is 107 Å². The first-order valence-corrected chi connectivity index (χ1v) is 11.1. The Morgan fingerprint density at radius 3 is 2.43 bits per heavy atom. The van der Waals surface area contributed by atoms with Crippen molar-refractivity contribution in [3.05, 3.63) is 76.9 Å². The van der Waals surface area contributed by atoms with Gasteiger partial charge >= 0.3 is 0 Å². The molecule has 1 aliphatic carbocycles. The maximum absolute atomic E-state index is 13.3. The average Bonchev–Trinajstić information content (AvgIpc) is 3.31. The van der Waals surface area contributed by atoms with E-state index in [1.54, 1.807) is 35.9 Å². The van der Waals surface area contributed by atoms with Crippen LogP contribution in [-0.4, -0.2) is 24.1 Å². The number of primary sulfonamides is 1. The summed E-state index contributed by atoms with van der Waals surface area (Å²) in [7, 11) is -3.77. The van der Waals surface area contributed by atoms with Gasteiger partial charge in [0.1, 0.15) is 5.82 Å². The zero-order valence-electron chi connectivity index (χ0n) is 16.3. The van der Waals surface area contributed by atoms with Crippen LogP contribution in [0, 0.1) is 5.82 Å². The number of nitrogens with two attached hydrogens (primary N) is 1. The third-order valence-electron chi connectivity index (χ3n) is 5.27. The number of nitrogens with zero attached hydrogens (tertiary/aromatic N) is 2. The van der Waals surface area contributed by atoms with Gasteiger partial charge in [-0.3, -0.25) is 4.79 Å². The van der Waals surface area contributed by atoms with E-state index in [9.17, 15) is 17.6 Å². The molecule has 9 heteroatoms. The number of hydrogen-bond donors (Lipinski definition) is 2. The summed E-state index contributed by atoms with van der Waals surface area (Å²) in [6, 6.07) is 11.7. The molecule has 0 aliphatic heterocycles. The van der Waals surface area contributed by atoms with E-state index in [1.807, 2.05) is 0 Å². The predicted molar refractivity (Wildman–Crippen MR) is 109 cm³/mol. The van der Waals surface area contributed by atoms with Gasteiger partial charge in [0.05, 0.1) is 16.6 Å². The Hall–Kier alpha value is -3.04.